The lowest BCUT2D eigenvalue weighted by Gasteiger charge is -2.37. The van der Waals surface area contributed by atoms with Crippen LogP contribution in [0.15, 0.2) is 77.0 Å². The SMILES string of the molecule is CC(=O)NC(CC(=O)OCC(=O)N1c2ccccc2SCC1c1ccccc1)c1cccs1. The molecular formula is C25H24N2O4S2. The van der Waals surface area contributed by atoms with E-state index in [4.69, 9.17) is 4.74 Å². The van der Waals surface area contributed by atoms with E-state index < -0.39 is 12.0 Å². The van der Waals surface area contributed by atoms with Crippen molar-refractivity contribution in [2.75, 3.05) is 17.3 Å². The molecule has 2 atom stereocenters. The predicted octanol–water partition coefficient (Wildman–Crippen LogP) is 4.74. The van der Waals surface area contributed by atoms with Crippen LogP contribution in [0.5, 0.6) is 0 Å². The van der Waals surface area contributed by atoms with E-state index in [2.05, 4.69) is 5.32 Å². The summed E-state index contributed by atoms with van der Waals surface area (Å²) in [5.74, 6) is -0.335. The van der Waals surface area contributed by atoms with E-state index in [9.17, 15) is 14.4 Å². The second kappa shape index (κ2) is 10.7. The van der Waals surface area contributed by atoms with Crippen LogP contribution in [0.2, 0.25) is 0 Å². The molecule has 1 aliphatic rings. The summed E-state index contributed by atoms with van der Waals surface area (Å²) in [5.41, 5.74) is 1.85. The summed E-state index contributed by atoms with van der Waals surface area (Å²) in [7, 11) is 0. The third-order valence-electron chi connectivity index (χ3n) is 5.28. The molecule has 4 rings (SSSR count). The lowest BCUT2D eigenvalue weighted by atomic mass is 10.1. The van der Waals surface area contributed by atoms with Gasteiger partial charge in [0.1, 0.15) is 0 Å². The van der Waals surface area contributed by atoms with Crippen LogP contribution in [0.1, 0.15) is 35.9 Å². The highest BCUT2D eigenvalue weighted by molar-refractivity contribution is 7.99. The number of carbonyl (C=O) groups excluding carboxylic acids is 3. The van der Waals surface area contributed by atoms with Crippen molar-refractivity contribution in [1.29, 1.82) is 0 Å². The minimum absolute atomic E-state index is 0.0398. The molecule has 0 saturated heterocycles. The number of thiophene rings is 1. The van der Waals surface area contributed by atoms with Gasteiger partial charge in [0.05, 0.1) is 24.2 Å². The number of nitrogens with zero attached hydrogens (tertiary/aromatic N) is 1. The number of fused-ring (bicyclic) bond motifs is 1. The summed E-state index contributed by atoms with van der Waals surface area (Å²) in [6.45, 7) is 1.05. The van der Waals surface area contributed by atoms with Crippen LogP contribution >= 0.6 is 23.1 Å². The zero-order valence-electron chi connectivity index (χ0n) is 18.1. The van der Waals surface area contributed by atoms with Gasteiger partial charge in [0, 0.05) is 22.4 Å². The number of thioether (sulfide) groups is 1. The lowest BCUT2D eigenvalue weighted by Crippen LogP contribution is -2.41. The fourth-order valence-electron chi connectivity index (χ4n) is 3.81. The van der Waals surface area contributed by atoms with Gasteiger partial charge in [-0.3, -0.25) is 19.3 Å². The van der Waals surface area contributed by atoms with Crippen LogP contribution in [0.3, 0.4) is 0 Å². The Morgan fingerprint density at radius 1 is 1.06 bits per heavy atom. The summed E-state index contributed by atoms with van der Waals surface area (Å²) < 4.78 is 5.38. The molecule has 2 aromatic carbocycles. The number of nitrogens with one attached hydrogen (secondary N) is 1. The molecule has 0 saturated carbocycles. The molecule has 170 valence electrons. The van der Waals surface area contributed by atoms with Gasteiger partial charge in [0.15, 0.2) is 6.61 Å². The van der Waals surface area contributed by atoms with E-state index >= 15 is 0 Å². The minimum atomic E-state index is -0.536. The van der Waals surface area contributed by atoms with Crippen molar-refractivity contribution in [3.63, 3.8) is 0 Å². The highest BCUT2D eigenvalue weighted by Crippen LogP contribution is 2.43. The second-order valence-corrected chi connectivity index (χ2v) is 9.64. The topological polar surface area (TPSA) is 75.7 Å². The molecule has 0 aliphatic carbocycles. The average Bonchev–Trinajstić information content (AvgIpc) is 3.37. The summed E-state index contributed by atoms with van der Waals surface area (Å²) in [6, 6.07) is 20.7. The standard InChI is InChI=1S/C25H24N2O4S2/c1-17(28)26-19(22-12-7-13-32-22)14-25(30)31-15-24(29)27-20-10-5-6-11-23(20)33-16-21(27)18-8-3-2-4-9-18/h2-13,19,21H,14-16H2,1H3,(H,26,28). The quantitative estimate of drug-likeness (QED) is 0.495. The molecule has 0 spiro atoms. The Kier molecular flexibility index (Phi) is 7.47. The van der Waals surface area contributed by atoms with Gasteiger partial charge >= 0.3 is 5.97 Å². The van der Waals surface area contributed by atoms with Crippen LogP contribution in [0.4, 0.5) is 5.69 Å². The molecule has 1 aromatic heterocycles. The Morgan fingerprint density at radius 3 is 2.55 bits per heavy atom. The largest absolute Gasteiger partial charge is 0.455 e. The predicted molar refractivity (Wildman–Crippen MR) is 130 cm³/mol. The van der Waals surface area contributed by atoms with Gasteiger partial charge in [-0.05, 0) is 29.1 Å². The van der Waals surface area contributed by atoms with Crippen molar-refractivity contribution in [3.05, 3.63) is 82.6 Å². The molecule has 0 bridgehead atoms. The number of anilines is 1. The van der Waals surface area contributed by atoms with Gasteiger partial charge in [-0.1, -0.05) is 48.5 Å². The van der Waals surface area contributed by atoms with Crippen molar-refractivity contribution >= 4 is 46.6 Å². The van der Waals surface area contributed by atoms with Gasteiger partial charge in [-0.25, -0.2) is 0 Å². The third-order valence-corrected chi connectivity index (χ3v) is 7.40. The van der Waals surface area contributed by atoms with Crippen LogP contribution in [-0.4, -0.2) is 30.1 Å². The fraction of sp³-hybridized carbons (Fsp3) is 0.240. The van der Waals surface area contributed by atoms with E-state index in [1.807, 2.05) is 72.1 Å². The Morgan fingerprint density at radius 2 is 1.82 bits per heavy atom. The number of ether oxygens (including phenoxy) is 1. The first-order valence-corrected chi connectivity index (χ1v) is 12.4. The summed E-state index contributed by atoms with van der Waals surface area (Å²) in [6.07, 6.45) is -0.0398. The van der Waals surface area contributed by atoms with Crippen molar-refractivity contribution in [2.45, 2.75) is 30.3 Å². The summed E-state index contributed by atoms with van der Waals surface area (Å²) in [4.78, 5) is 41.1. The fourth-order valence-corrected chi connectivity index (χ4v) is 5.76. The van der Waals surface area contributed by atoms with Crippen molar-refractivity contribution in [2.24, 2.45) is 0 Å². The molecule has 0 radical (unpaired) electrons. The van der Waals surface area contributed by atoms with E-state index in [0.29, 0.717) is 5.75 Å². The van der Waals surface area contributed by atoms with E-state index in [1.54, 1.807) is 16.7 Å². The maximum Gasteiger partial charge on any atom is 0.308 e. The van der Waals surface area contributed by atoms with Crippen molar-refractivity contribution < 1.29 is 19.1 Å². The average molecular weight is 481 g/mol. The van der Waals surface area contributed by atoms with Gasteiger partial charge in [0.25, 0.3) is 5.91 Å². The molecule has 1 N–H and O–H groups in total. The number of rotatable bonds is 7. The number of para-hydroxylation sites is 1. The normalized spacial score (nSPS) is 15.9. The Hall–Kier alpha value is -3.10. The molecule has 33 heavy (non-hydrogen) atoms. The zero-order chi connectivity index (χ0) is 23.2. The number of esters is 1. The first kappa shape index (κ1) is 23.1. The first-order valence-electron chi connectivity index (χ1n) is 10.6. The number of hydrogen-bond acceptors (Lipinski definition) is 6. The smallest absolute Gasteiger partial charge is 0.308 e. The van der Waals surface area contributed by atoms with Crippen molar-refractivity contribution in [3.8, 4) is 0 Å². The third kappa shape index (κ3) is 5.64. The molecule has 6 nitrogen and oxygen atoms in total. The Balaban J connectivity index is 1.47. The molecule has 2 amide bonds. The Labute approximate surface area is 200 Å². The summed E-state index contributed by atoms with van der Waals surface area (Å²) in [5, 5.41) is 4.66. The zero-order valence-corrected chi connectivity index (χ0v) is 19.7. The molecule has 2 unspecified atom stereocenters. The minimum Gasteiger partial charge on any atom is -0.455 e. The molecular weight excluding hydrogens is 456 g/mol. The second-order valence-electron chi connectivity index (χ2n) is 7.60. The van der Waals surface area contributed by atoms with Crippen LogP contribution in [-0.2, 0) is 19.1 Å². The highest BCUT2D eigenvalue weighted by Gasteiger charge is 2.33. The Bertz CT molecular complexity index is 1120. The van der Waals surface area contributed by atoms with E-state index in [0.717, 1.165) is 21.0 Å². The maximum absolute atomic E-state index is 13.3. The van der Waals surface area contributed by atoms with Crippen molar-refractivity contribution in [1.82, 2.24) is 5.32 Å². The molecule has 2 heterocycles. The van der Waals surface area contributed by atoms with Gasteiger partial charge in [-0.2, -0.15) is 0 Å². The number of amides is 2. The molecule has 3 aromatic rings. The lowest BCUT2D eigenvalue weighted by molar-refractivity contribution is -0.148. The monoisotopic (exact) mass is 480 g/mol. The van der Waals surface area contributed by atoms with E-state index in [1.165, 1.54) is 18.3 Å². The summed E-state index contributed by atoms with van der Waals surface area (Å²) >= 11 is 3.16. The first-order chi connectivity index (χ1) is 16.0. The molecule has 0 fully saturated rings. The van der Waals surface area contributed by atoms with E-state index in [-0.39, 0.29) is 30.9 Å². The number of benzene rings is 2. The number of hydrogen-bond donors (Lipinski definition) is 1. The van der Waals surface area contributed by atoms with Crippen LogP contribution in [0, 0.1) is 0 Å². The maximum atomic E-state index is 13.3. The van der Waals surface area contributed by atoms with Crippen LogP contribution in [0.25, 0.3) is 0 Å². The highest BCUT2D eigenvalue weighted by atomic mass is 32.2. The molecule has 1 aliphatic heterocycles. The van der Waals surface area contributed by atoms with Gasteiger partial charge in [0.2, 0.25) is 5.91 Å². The van der Waals surface area contributed by atoms with Gasteiger partial charge in [-0.15, -0.1) is 23.1 Å². The van der Waals surface area contributed by atoms with Crippen LogP contribution < -0.4 is 10.2 Å². The van der Waals surface area contributed by atoms with Gasteiger partial charge < -0.3 is 10.1 Å². The number of carbonyl (C=O) groups is 3. The molecule has 8 heteroatoms.